The number of carbonyl (C=O) groups is 1. The molecule has 0 spiro atoms. The van der Waals surface area contributed by atoms with Crippen LogP contribution in [0.25, 0.3) is 0 Å². The molecule has 96 valence electrons. The SMILES string of the molecule is C=C(C)CN(C/C=C/C(=O)C(C)C)CC(=C)C. The molecule has 0 radical (unpaired) electrons. The number of rotatable bonds is 8. The van der Waals surface area contributed by atoms with Crippen molar-refractivity contribution in [3.05, 3.63) is 36.5 Å². The number of hydrogen-bond acceptors (Lipinski definition) is 2. The second kappa shape index (κ2) is 8.02. The Morgan fingerprint density at radius 3 is 2.00 bits per heavy atom. The number of carbonyl (C=O) groups excluding carboxylic acids is 1. The summed E-state index contributed by atoms with van der Waals surface area (Å²) in [4.78, 5) is 13.6. The summed E-state index contributed by atoms with van der Waals surface area (Å²) in [5.41, 5.74) is 2.24. The summed E-state index contributed by atoms with van der Waals surface area (Å²) < 4.78 is 0. The van der Waals surface area contributed by atoms with Crippen LogP contribution in [0.3, 0.4) is 0 Å². The normalized spacial score (nSPS) is 11.4. The topological polar surface area (TPSA) is 20.3 Å². The molecule has 0 heterocycles. The molecule has 0 rings (SSSR count). The molecule has 17 heavy (non-hydrogen) atoms. The summed E-state index contributed by atoms with van der Waals surface area (Å²) in [6.45, 7) is 18.1. The highest BCUT2D eigenvalue weighted by molar-refractivity contribution is 5.91. The quantitative estimate of drug-likeness (QED) is 0.475. The van der Waals surface area contributed by atoms with Crippen molar-refractivity contribution in [3.8, 4) is 0 Å². The van der Waals surface area contributed by atoms with Gasteiger partial charge in [0, 0.05) is 25.6 Å². The first-order valence-corrected chi connectivity index (χ1v) is 6.04. The lowest BCUT2D eigenvalue weighted by atomic mass is 10.1. The molecule has 0 aliphatic carbocycles. The highest BCUT2D eigenvalue weighted by atomic mass is 16.1. The zero-order chi connectivity index (χ0) is 13.4. The minimum atomic E-state index is 0.0713. The lowest BCUT2D eigenvalue weighted by Gasteiger charge is -2.20. The van der Waals surface area contributed by atoms with E-state index in [0.29, 0.717) is 0 Å². The second-order valence-electron chi connectivity index (χ2n) is 5.04. The van der Waals surface area contributed by atoms with Gasteiger partial charge in [0.2, 0.25) is 0 Å². The first-order valence-electron chi connectivity index (χ1n) is 6.04. The van der Waals surface area contributed by atoms with Crippen molar-refractivity contribution < 1.29 is 4.79 Å². The Morgan fingerprint density at radius 2 is 1.65 bits per heavy atom. The van der Waals surface area contributed by atoms with Gasteiger partial charge in [-0.15, -0.1) is 0 Å². The van der Waals surface area contributed by atoms with Gasteiger partial charge in [0.1, 0.15) is 0 Å². The van der Waals surface area contributed by atoms with Gasteiger partial charge >= 0.3 is 0 Å². The monoisotopic (exact) mass is 235 g/mol. The number of nitrogens with zero attached hydrogens (tertiary/aromatic N) is 1. The molecule has 0 aromatic heterocycles. The molecule has 0 fully saturated rings. The van der Waals surface area contributed by atoms with Crippen molar-refractivity contribution in [1.29, 1.82) is 0 Å². The van der Waals surface area contributed by atoms with Gasteiger partial charge in [-0.3, -0.25) is 9.69 Å². The van der Waals surface area contributed by atoms with Crippen LogP contribution in [0, 0.1) is 5.92 Å². The minimum Gasteiger partial charge on any atom is -0.295 e. The molecule has 0 aromatic rings. The van der Waals surface area contributed by atoms with Crippen LogP contribution in [0.2, 0.25) is 0 Å². The summed E-state index contributed by atoms with van der Waals surface area (Å²) in [6.07, 6.45) is 3.60. The highest BCUT2D eigenvalue weighted by Gasteiger charge is 2.05. The molecule has 0 aromatic carbocycles. The van der Waals surface area contributed by atoms with E-state index in [2.05, 4.69) is 18.1 Å². The summed E-state index contributed by atoms with van der Waals surface area (Å²) >= 11 is 0. The van der Waals surface area contributed by atoms with Gasteiger partial charge in [-0.25, -0.2) is 0 Å². The van der Waals surface area contributed by atoms with Gasteiger partial charge in [0.25, 0.3) is 0 Å². The van der Waals surface area contributed by atoms with E-state index in [1.165, 1.54) is 0 Å². The smallest absolute Gasteiger partial charge is 0.157 e. The van der Waals surface area contributed by atoms with Gasteiger partial charge in [-0.2, -0.15) is 0 Å². The summed E-state index contributed by atoms with van der Waals surface area (Å²) in [7, 11) is 0. The molecule has 2 heteroatoms. The van der Waals surface area contributed by atoms with Crippen LogP contribution in [-0.2, 0) is 4.79 Å². The second-order valence-corrected chi connectivity index (χ2v) is 5.04. The van der Waals surface area contributed by atoms with Crippen LogP contribution in [0.15, 0.2) is 36.5 Å². The summed E-state index contributed by atoms with van der Waals surface area (Å²) in [5, 5.41) is 0. The Kier molecular flexibility index (Phi) is 7.47. The Bertz CT molecular complexity index is 297. The van der Waals surface area contributed by atoms with E-state index in [4.69, 9.17) is 0 Å². The van der Waals surface area contributed by atoms with E-state index >= 15 is 0 Å². The summed E-state index contributed by atoms with van der Waals surface area (Å²) in [6, 6.07) is 0. The molecule has 0 N–H and O–H groups in total. The van der Waals surface area contributed by atoms with E-state index < -0.39 is 0 Å². The molecule has 0 amide bonds. The van der Waals surface area contributed by atoms with E-state index in [1.54, 1.807) is 6.08 Å². The zero-order valence-electron chi connectivity index (χ0n) is 11.6. The van der Waals surface area contributed by atoms with Gasteiger partial charge in [0.05, 0.1) is 0 Å². The fourth-order valence-corrected chi connectivity index (χ4v) is 1.46. The van der Waals surface area contributed by atoms with Gasteiger partial charge in [-0.1, -0.05) is 44.2 Å². The fraction of sp³-hybridized carbons (Fsp3) is 0.533. The zero-order valence-corrected chi connectivity index (χ0v) is 11.6. The molecular weight excluding hydrogens is 210 g/mol. The highest BCUT2D eigenvalue weighted by Crippen LogP contribution is 2.01. The maximum atomic E-state index is 11.4. The van der Waals surface area contributed by atoms with Gasteiger partial charge in [0.15, 0.2) is 5.78 Å². The molecule has 0 atom stereocenters. The van der Waals surface area contributed by atoms with Crippen LogP contribution in [0.4, 0.5) is 0 Å². The minimum absolute atomic E-state index is 0.0713. The number of ketones is 1. The molecule has 2 nitrogen and oxygen atoms in total. The maximum Gasteiger partial charge on any atom is 0.157 e. The molecule has 0 aliphatic rings. The lowest BCUT2D eigenvalue weighted by molar-refractivity contribution is -0.117. The average Bonchev–Trinajstić information content (AvgIpc) is 2.14. The lowest BCUT2D eigenvalue weighted by Crippen LogP contribution is -2.27. The summed E-state index contributed by atoms with van der Waals surface area (Å²) in [5.74, 6) is 0.248. The van der Waals surface area contributed by atoms with E-state index in [-0.39, 0.29) is 11.7 Å². The molecule has 0 saturated carbocycles. The largest absolute Gasteiger partial charge is 0.295 e. The first kappa shape index (κ1) is 15.9. The van der Waals surface area contributed by atoms with Crippen molar-refractivity contribution >= 4 is 5.78 Å². The molecule has 0 saturated heterocycles. The fourth-order valence-electron chi connectivity index (χ4n) is 1.46. The Morgan fingerprint density at radius 1 is 1.18 bits per heavy atom. The third-order valence-electron chi connectivity index (χ3n) is 2.20. The standard InChI is InChI=1S/C15H25NO/c1-12(2)10-16(11-13(3)4)9-7-8-15(17)14(5)6/h7-8,14H,1,3,9-11H2,2,4-6H3/b8-7+. The predicted octanol–water partition coefficient (Wildman–Crippen LogP) is 3.22. The van der Waals surface area contributed by atoms with Crippen LogP contribution in [0.5, 0.6) is 0 Å². The molecule has 0 aliphatic heterocycles. The van der Waals surface area contributed by atoms with E-state index in [0.717, 1.165) is 30.8 Å². The maximum absolute atomic E-state index is 11.4. The van der Waals surface area contributed by atoms with Crippen molar-refractivity contribution in [1.82, 2.24) is 4.90 Å². The Hall–Kier alpha value is -1.15. The van der Waals surface area contributed by atoms with Crippen molar-refractivity contribution in [2.75, 3.05) is 19.6 Å². The molecular formula is C15H25NO. The van der Waals surface area contributed by atoms with Crippen molar-refractivity contribution in [2.45, 2.75) is 27.7 Å². The van der Waals surface area contributed by atoms with Crippen LogP contribution >= 0.6 is 0 Å². The molecule has 0 bridgehead atoms. The Labute approximate surface area is 106 Å². The molecule has 0 unspecified atom stereocenters. The predicted molar refractivity (Wildman–Crippen MR) is 75.1 cm³/mol. The van der Waals surface area contributed by atoms with Gasteiger partial charge in [-0.05, 0) is 19.9 Å². The van der Waals surface area contributed by atoms with E-state index in [1.807, 2.05) is 33.8 Å². The average molecular weight is 235 g/mol. The first-order chi connectivity index (χ1) is 7.82. The van der Waals surface area contributed by atoms with Crippen molar-refractivity contribution in [3.63, 3.8) is 0 Å². The van der Waals surface area contributed by atoms with Gasteiger partial charge < -0.3 is 0 Å². The van der Waals surface area contributed by atoms with E-state index in [9.17, 15) is 4.79 Å². The van der Waals surface area contributed by atoms with Crippen molar-refractivity contribution in [2.24, 2.45) is 5.92 Å². The van der Waals surface area contributed by atoms with Crippen LogP contribution in [-0.4, -0.2) is 30.3 Å². The third-order valence-corrected chi connectivity index (χ3v) is 2.20. The third kappa shape index (κ3) is 8.64. The van der Waals surface area contributed by atoms with Crippen LogP contribution < -0.4 is 0 Å². The van der Waals surface area contributed by atoms with Crippen LogP contribution in [0.1, 0.15) is 27.7 Å². The Balaban J connectivity index is 4.29. The number of hydrogen-bond donors (Lipinski definition) is 0. The number of allylic oxidation sites excluding steroid dienone is 1.